The SMILES string of the molecule is CCCCC/C(=N\NC(=O)COc1cccc2ccccc12)c1ccccc1. The summed E-state index contributed by atoms with van der Waals surface area (Å²) in [5.41, 5.74) is 4.58. The highest BCUT2D eigenvalue weighted by Crippen LogP contribution is 2.24. The maximum Gasteiger partial charge on any atom is 0.277 e. The molecule has 0 spiro atoms. The minimum absolute atomic E-state index is 0.0749. The van der Waals surface area contributed by atoms with Gasteiger partial charge in [0.1, 0.15) is 5.75 Å². The third kappa shape index (κ3) is 5.43. The summed E-state index contributed by atoms with van der Waals surface area (Å²) in [6, 6.07) is 23.8. The molecule has 0 aliphatic carbocycles. The number of nitrogens with one attached hydrogen (secondary N) is 1. The largest absolute Gasteiger partial charge is 0.483 e. The van der Waals surface area contributed by atoms with Crippen LogP contribution in [0.4, 0.5) is 0 Å². The summed E-state index contributed by atoms with van der Waals surface area (Å²) in [4.78, 5) is 12.3. The Kier molecular flexibility index (Phi) is 7.19. The lowest BCUT2D eigenvalue weighted by molar-refractivity contribution is -0.123. The topological polar surface area (TPSA) is 50.7 Å². The fourth-order valence-electron chi connectivity index (χ4n) is 3.06. The number of ether oxygens (including phenoxy) is 1. The van der Waals surface area contributed by atoms with E-state index < -0.39 is 0 Å². The number of rotatable bonds is 9. The number of hydrogen-bond donors (Lipinski definition) is 1. The van der Waals surface area contributed by atoms with Crippen LogP contribution in [0.25, 0.3) is 10.8 Å². The Labute approximate surface area is 166 Å². The number of carbonyl (C=O) groups excluding carboxylic acids is 1. The molecule has 0 aliphatic rings. The van der Waals surface area contributed by atoms with Gasteiger partial charge in [-0.3, -0.25) is 4.79 Å². The van der Waals surface area contributed by atoms with Crippen molar-refractivity contribution in [1.82, 2.24) is 5.43 Å². The van der Waals surface area contributed by atoms with Crippen LogP contribution in [0.1, 0.15) is 38.2 Å². The first-order chi connectivity index (χ1) is 13.8. The molecule has 1 amide bonds. The number of carbonyl (C=O) groups is 1. The molecule has 0 aliphatic heterocycles. The molecule has 1 N–H and O–H groups in total. The summed E-state index contributed by atoms with van der Waals surface area (Å²) < 4.78 is 5.74. The molecular weight excluding hydrogens is 348 g/mol. The van der Waals surface area contributed by atoms with Crippen molar-refractivity contribution in [2.45, 2.75) is 32.6 Å². The first kappa shape index (κ1) is 19.6. The Bertz CT molecular complexity index is 930. The molecule has 4 nitrogen and oxygen atoms in total. The van der Waals surface area contributed by atoms with Crippen LogP contribution in [0.3, 0.4) is 0 Å². The van der Waals surface area contributed by atoms with Gasteiger partial charge in [-0.1, -0.05) is 86.5 Å². The summed E-state index contributed by atoms with van der Waals surface area (Å²) >= 11 is 0. The normalized spacial score (nSPS) is 11.4. The van der Waals surface area contributed by atoms with Crippen LogP contribution in [0, 0.1) is 0 Å². The average molecular weight is 374 g/mol. The van der Waals surface area contributed by atoms with E-state index in [2.05, 4.69) is 17.5 Å². The minimum atomic E-state index is -0.267. The molecule has 0 atom stereocenters. The van der Waals surface area contributed by atoms with E-state index in [0.29, 0.717) is 5.75 Å². The summed E-state index contributed by atoms with van der Waals surface area (Å²) in [5.74, 6) is 0.431. The molecule has 3 aromatic carbocycles. The second-order valence-electron chi connectivity index (χ2n) is 6.68. The van der Waals surface area contributed by atoms with Crippen LogP contribution < -0.4 is 10.2 Å². The molecule has 0 saturated heterocycles. The van der Waals surface area contributed by atoms with Crippen molar-refractivity contribution in [2.75, 3.05) is 6.61 Å². The Hall–Kier alpha value is -3.14. The number of benzene rings is 3. The standard InChI is InChI=1S/C24H26N2O2/c1-2-3-5-16-22(20-12-6-4-7-13-20)25-26-24(27)18-28-23-17-10-14-19-11-8-9-15-21(19)23/h4,6-15,17H,2-3,5,16,18H2,1H3,(H,26,27)/b25-22+. The van der Waals surface area contributed by atoms with Crippen LogP contribution >= 0.6 is 0 Å². The summed E-state index contributed by atoms with van der Waals surface area (Å²) in [6.45, 7) is 2.10. The van der Waals surface area contributed by atoms with E-state index in [1.54, 1.807) is 0 Å². The van der Waals surface area contributed by atoms with E-state index >= 15 is 0 Å². The molecule has 3 rings (SSSR count). The van der Waals surface area contributed by atoms with Crippen molar-refractivity contribution in [3.05, 3.63) is 78.4 Å². The molecule has 0 radical (unpaired) electrons. The maximum atomic E-state index is 12.3. The van der Waals surface area contributed by atoms with Crippen LogP contribution in [0.5, 0.6) is 5.75 Å². The zero-order valence-electron chi connectivity index (χ0n) is 16.2. The first-order valence-corrected chi connectivity index (χ1v) is 9.79. The Morgan fingerprint density at radius 2 is 1.68 bits per heavy atom. The number of hydrogen-bond acceptors (Lipinski definition) is 3. The van der Waals surface area contributed by atoms with Gasteiger partial charge in [0.15, 0.2) is 6.61 Å². The lowest BCUT2D eigenvalue weighted by Gasteiger charge is -2.10. The minimum Gasteiger partial charge on any atom is -0.483 e. The zero-order chi connectivity index (χ0) is 19.6. The average Bonchev–Trinajstić information content (AvgIpc) is 2.75. The van der Waals surface area contributed by atoms with Gasteiger partial charge >= 0.3 is 0 Å². The molecular formula is C24H26N2O2. The second kappa shape index (κ2) is 10.3. The zero-order valence-corrected chi connectivity index (χ0v) is 16.2. The van der Waals surface area contributed by atoms with Crippen molar-refractivity contribution in [2.24, 2.45) is 5.10 Å². The van der Waals surface area contributed by atoms with E-state index in [1.165, 1.54) is 0 Å². The fourth-order valence-corrected chi connectivity index (χ4v) is 3.06. The van der Waals surface area contributed by atoms with E-state index in [1.807, 2.05) is 72.8 Å². The number of fused-ring (bicyclic) bond motifs is 1. The highest BCUT2D eigenvalue weighted by Gasteiger charge is 2.07. The monoisotopic (exact) mass is 374 g/mol. The van der Waals surface area contributed by atoms with Crippen LogP contribution in [0.2, 0.25) is 0 Å². The van der Waals surface area contributed by atoms with Gasteiger partial charge in [-0.15, -0.1) is 0 Å². The van der Waals surface area contributed by atoms with E-state index in [9.17, 15) is 4.79 Å². The highest BCUT2D eigenvalue weighted by atomic mass is 16.5. The fraction of sp³-hybridized carbons (Fsp3) is 0.250. The Balaban J connectivity index is 1.63. The molecule has 0 aromatic heterocycles. The lowest BCUT2D eigenvalue weighted by Crippen LogP contribution is -2.26. The molecule has 28 heavy (non-hydrogen) atoms. The van der Waals surface area contributed by atoms with Crippen molar-refractivity contribution < 1.29 is 9.53 Å². The van der Waals surface area contributed by atoms with E-state index in [-0.39, 0.29) is 12.5 Å². The number of hydrazone groups is 1. The van der Waals surface area contributed by atoms with E-state index in [0.717, 1.165) is 47.7 Å². The van der Waals surface area contributed by atoms with Gasteiger partial charge < -0.3 is 4.74 Å². The first-order valence-electron chi connectivity index (χ1n) is 9.79. The van der Waals surface area contributed by atoms with Gasteiger partial charge in [0.25, 0.3) is 5.91 Å². The molecule has 144 valence electrons. The maximum absolute atomic E-state index is 12.3. The summed E-state index contributed by atoms with van der Waals surface area (Å²) in [5, 5.41) is 6.45. The van der Waals surface area contributed by atoms with Gasteiger partial charge in [-0.25, -0.2) is 5.43 Å². The van der Waals surface area contributed by atoms with Crippen LogP contribution in [-0.2, 0) is 4.79 Å². The van der Waals surface area contributed by atoms with Gasteiger partial charge in [0, 0.05) is 5.39 Å². The van der Waals surface area contributed by atoms with Crippen molar-refractivity contribution in [1.29, 1.82) is 0 Å². The Morgan fingerprint density at radius 1 is 0.929 bits per heavy atom. The smallest absolute Gasteiger partial charge is 0.277 e. The molecule has 0 unspecified atom stereocenters. The van der Waals surface area contributed by atoms with Crippen molar-refractivity contribution >= 4 is 22.4 Å². The number of amides is 1. The molecule has 0 saturated carbocycles. The molecule has 0 fully saturated rings. The van der Waals surface area contributed by atoms with Gasteiger partial charge in [0.2, 0.25) is 0 Å². The van der Waals surface area contributed by atoms with Crippen LogP contribution in [-0.4, -0.2) is 18.2 Å². The van der Waals surface area contributed by atoms with Gasteiger partial charge in [0.05, 0.1) is 5.71 Å². The van der Waals surface area contributed by atoms with Gasteiger partial charge in [-0.05, 0) is 29.9 Å². The Morgan fingerprint density at radius 3 is 2.50 bits per heavy atom. The van der Waals surface area contributed by atoms with Crippen molar-refractivity contribution in [3.8, 4) is 5.75 Å². The molecule has 3 aromatic rings. The summed E-state index contributed by atoms with van der Waals surface area (Å²) in [6.07, 6.45) is 4.17. The third-order valence-electron chi connectivity index (χ3n) is 4.55. The predicted octanol–water partition coefficient (Wildman–Crippen LogP) is 5.32. The summed E-state index contributed by atoms with van der Waals surface area (Å²) in [7, 11) is 0. The highest BCUT2D eigenvalue weighted by molar-refractivity contribution is 6.01. The van der Waals surface area contributed by atoms with Crippen LogP contribution in [0.15, 0.2) is 77.9 Å². The lowest BCUT2D eigenvalue weighted by atomic mass is 10.0. The van der Waals surface area contributed by atoms with E-state index in [4.69, 9.17) is 4.74 Å². The number of nitrogens with zero attached hydrogens (tertiary/aromatic N) is 1. The second-order valence-corrected chi connectivity index (χ2v) is 6.68. The number of unbranched alkanes of at least 4 members (excludes halogenated alkanes) is 2. The predicted molar refractivity (Wildman–Crippen MR) is 115 cm³/mol. The third-order valence-corrected chi connectivity index (χ3v) is 4.55. The van der Waals surface area contributed by atoms with Gasteiger partial charge in [-0.2, -0.15) is 5.10 Å². The van der Waals surface area contributed by atoms with Crippen molar-refractivity contribution in [3.63, 3.8) is 0 Å². The molecule has 0 bridgehead atoms. The molecule has 4 heteroatoms. The molecule has 0 heterocycles. The quantitative estimate of drug-likeness (QED) is 0.313.